The van der Waals surface area contributed by atoms with Crippen molar-refractivity contribution in [3.05, 3.63) is 79.0 Å². The van der Waals surface area contributed by atoms with E-state index in [-0.39, 0.29) is 11.0 Å². The second-order valence-corrected chi connectivity index (χ2v) is 8.51. The normalized spacial score (nSPS) is 10.5. The SMILES string of the molecule is O=C(NC(=S)NCc1ccc(-c2ccc(Br)cc2)o1)c1cc(I)ccc1Cl. The van der Waals surface area contributed by atoms with Gasteiger partial charge in [-0.2, -0.15) is 0 Å². The number of rotatable bonds is 4. The summed E-state index contributed by atoms with van der Waals surface area (Å²) in [6.07, 6.45) is 0. The molecule has 0 fully saturated rings. The van der Waals surface area contributed by atoms with Crippen molar-refractivity contribution in [1.82, 2.24) is 10.6 Å². The van der Waals surface area contributed by atoms with Gasteiger partial charge in [-0.25, -0.2) is 0 Å². The maximum absolute atomic E-state index is 12.3. The van der Waals surface area contributed by atoms with Crippen LogP contribution in [0.25, 0.3) is 11.3 Å². The molecule has 0 aliphatic heterocycles. The number of halogens is 3. The third-order valence-electron chi connectivity index (χ3n) is 3.61. The summed E-state index contributed by atoms with van der Waals surface area (Å²) in [7, 11) is 0. The highest BCUT2D eigenvalue weighted by atomic mass is 127. The number of nitrogens with one attached hydrogen (secondary N) is 2. The Kier molecular flexibility index (Phi) is 6.91. The highest BCUT2D eigenvalue weighted by Gasteiger charge is 2.13. The van der Waals surface area contributed by atoms with Gasteiger partial charge in [0.25, 0.3) is 5.91 Å². The largest absolute Gasteiger partial charge is 0.459 e. The maximum atomic E-state index is 12.3. The Morgan fingerprint density at radius 3 is 2.63 bits per heavy atom. The van der Waals surface area contributed by atoms with E-state index in [4.69, 9.17) is 28.2 Å². The van der Waals surface area contributed by atoms with Gasteiger partial charge in [-0.15, -0.1) is 0 Å². The van der Waals surface area contributed by atoms with E-state index in [2.05, 4.69) is 49.2 Å². The van der Waals surface area contributed by atoms with E-state index in [1.807, 2.05) is 42.5 Å². The molecule has 0 saturated carbocycles. The van der Waals surface area contributed by atoms with Crippen LogP contribution in [0.5, 0.6) is 0 Å². The zero-order valence-corrected chi connectivity index (χ0v) is 19.1. The summed E-state index contributed by atoms with van der Waals surface area (Å²) in [6, 6.07) is 16.8. The number of benzene rings is 2. The molecule has 0 bridgehead atoms. The summed E-state index contributed by atoms with van der Waals surface area (Å²) < 4.78 is 7.73. The molecule has 3 rings (SSSR count). The average Bonchev–Trinajstić information content (AvgIpc) is 3.11. The quantitative estimate of drug-likeness (QED) is 0.306. The Labute approximate surface area is 188 Å². The van der Waals surface area contributed by atoms with Crippen LogP contribution in [-0.2, 0) is 6.54 Å². The Morgan fingerprint density at radius 1 is 1.15 bits per heavy atom. The molecule has 0 atom stereocenters. The molecule has 2 N–H and O–H groups in total. The molecule has 1 amide bonds. The molecule has 0 aliphatic carbocycles. The van der Waals surface area contributed by atoms with E-state index in [1.54, 1.807) is 12.1 Å². The first-order valence-electron chi connectivity index (χ1n) is 7.81. The number of carbonyl (C=O) groups is 1. The van der Waals surface area contributed by atoms with Crippen LogP contribution in [0.2, 0.25) is 5.02 Å². The number of amides is 1. The first kappa shape index (κ1) is 20.3. The van der Waals surface area contributed by atoms with Crippen LogP contribution < -0.4 is 10.6 Å². The molecule has 0 unspecified atom stereocenters. The minimum atomic E-state index is -0.356. The predicted molar refractivity (Wildman–Crippen MR) is 123 cm³/mol. The van der Waals surface area contributed by atoms with E-state index < -0.39 is 0 Å². The lowest BCUT2D eigenvalue weighted by Gasteiger charge is -2.09. The molecular weight excluding hydrogens is 563 g/mol. The fourth-order valence-electron chi connectivity index (χ4n) is 2.30. The molecule has 27 heavy (non-hydrogen) atoms. The number of carbonyl (C=O) groups excluding carboxylic acids is 1. The molecule has 0 radical (unpaired) electrons. The van der Waals surface area contributed by atoms with Crippen LogP contribution in [0, 0.1) is 3.57 Å². The van der Waals surface area contributed by atoms with Crippen LogP contribution in [-0.4, -0.2) is 11.0 Å². The Balaban J connectivity index is 1.57. The third-order valence-corrected chi connectivity index (χ3v) is 5.39. The minimum Gasteiger partial charge on any atom is -0.459 e. The van der Waals surface area contributed by atoms with Crippen LogP contribution in [0.1, 0.15) is 16.1 Å². The molecule has 1 aromatic heterocycles. The van der Waals surface area contributed by atoms with Crippen LogP contribution in [0.15, 0.2) is 63.5 Å². The Hall–Kier alpha value is -1.42. The van der Waals surface area contributed by atoms with E-state index in [9.17, 15) is 4.79 Å². The first-order valence-corrected chi connectivity index (χ1v) is 10.5. The smallest absolute Gasteiger partial charge is 0.258 e. The topological polar surface area (TPSA) is 54.3 Å². The number of hydrogen-bond acceptors (Lipinski definition) is 3. The fraction of sp³-hybridized carbons (Fsp3) is 0.0526. The van der Waals surface area contributed by atoms with Crippen molar-refractivity contribution in [1.29, 1.82) is 0 Å². The first-order chi connectivity index (χ1) is 12.9. The fourth-order valence-corrected chi connectivity index (χ4v) is 3.42. The molecule has 3 aromatic rings. The Morgan fingerprint density at radius 2 is 1.89 bits per heavy atom. The zero-order valence-electron chi connectivity index (χ0n) is 13.8. The van der Waals surface area contributed by atoms with Crippen molar-refractivity contribution in [3.8, 4) is 11.3 Å². The summed E-state index contributed by atoms with van der Waals surface area (Å²) in [5.74, 6) is 1.11. The number of furan rings is 1. The summed E-state index contributed by atoms with van der Waals surface area (Å²) >= 11 is 16.8. The van der Waals surface area contributed by atoms with Crippen molar-refractivity contribution in [3.63, 3.8) is 0 Å². The highest BCUT2D eigenvalue weighted by Crippen LogP contribution is 2.24. The molecule has 138 valence electrons. The van der Waals surface area contributed by atoms with Gasteiger partial charge in [0.05, 0.1) is 17.1 Å². The van der Waals surface area contributed by atoms with Gasteiger partial charge in [0.2, 0.25) is 0 Å². The van der Waals surface area contributed by atoms with Gasteiger partial charge < -0.3 is 9.73 Å². The number of hydrogen-bond donors (Lipinski definition) is 2. The Bertz CT molecular complexity index is 992. The standard InChI is InChI=1S/C19H13BrClIN2O2S/c20-12-3-1-11(2-4-12)17-8-6-14(26-17)10-23-19(27)24-18(25)15-9-13(22)5-7-16(15)21/h1-9H,10H2,(H2,23,24,25,27). The highest BCUT2D eigenvalue weighted by molar-refractivity contribution is 14.1. The van der Waals surface area contributed by atoms with Gasteiger partial charge in [-0.1, -0.05) is 39.7 Å². The van der Waals surface area contributed by atoms with Crippen LogP contribution >= 0.6 is 62.3 Å². The van der Waals surface area contributed by atoms with E-state index in [0.29, 0.717) is 22.9 Å². The zero-order chi connectivity index (χ0) is 19.4. The molecule has 0 saturated heterocycles. The second kappa shape index (κ2) is 9.18. The monoisotopic (exact) mass is 574 g/mol. The van der Waals surface area contributed by atoms with Gasteiger partial charge in [0, 0.05) is 13.6 Å². The molecule has 2 aromatic carbocycles. The van der Waals surface area contributed by atoms with Gasteiger partial charge in [0.1, 0.15) is 11.5 Å². The van der Waals surface area contributed by atoms with Crippen molar-refractivity contribution in [2.24, 2.45) is 0 Å². The maximum Gasteiger partial charge on any atom is 0.258 e. The molecule has 8 heteroatoms. The van der Waals surface area contributed by atoms with Crippen LogP contribution in [0.4, 0.5) is 0 Å². The number of thiocarbonyl (C=S) groups is 1. The summed E-state index contributed by atoms with van der Waals surface area (Å²) in [5, 5.41) is 6.17. The predicted octanol–water partition coefficient (Wildman–Crippen LogP) is 5.77. The second-order valence-electron chi connectivity index (χ2n) is 5.53. The lowest BCUT2D eigenvalue weighted by molar-refractivity contribution is 0.0976. The average molecular weight is 576 g/mol. The van der Waals surface area contributed by atoms with Gasteiger partial charge >= 0.3 is 0 Å². The van der Waals surface area contributed by atoms with Crippen molar-refractivity contribution in [2.45, 2.75) is 6.54 Å². The van der Waals surface area contributed by atoms with Gasteiger partial charge in [-0.3, -0.25) is 10.1 Å². The summed E-state index contributed by atoms with van der Waals surface area (Å²) in [5.41, 5.74) is 1.36. The van der Waals surface area contributed by atoms with Gasteiger partial charge in [-0.05, 0) is 77.3 Å². The lowest BCUT2D eigenvalue weighted by Crippen LogP contribution is -2.38. The van der Waals surface area contributed by atoms with E-state index >= 15 is 0 Å². The van der Waals surface area contributed by atoms with Crippen LogP contribution in [0.3, 0.4) is 0 Å². The van der Waals surface area contributed by atoms with Crippen molar-refractivity contribution in [2.75, 3.05) is 0 Å². The minimum absolute atomic E-state index is 0.205. The summed E-state index contributed by atoms with van der Waals surface area (Å²) in [6.45, 7) is 0.357. The lowest BCUT2D eigenvalue weighted by atomic mass is 10.2. The molecule has 0 spiro atoms. The van der Waals surface area contributed by atoms with E-state index in [0.717, 1.165) is 19.4 Å². The molecule has 0 aliphatic rings. The van der Waals surface area contributed by atoms with Gasteiger partial charge in [0.15, 0.2) is 5.11 Å². The molecular formula is C19H13BrClIN2O2S. The van der Waals surface area contributed by atoms with E-state index in [1.165, 1.54) is 0 Å². The molecule has 4 nitrogen and oxygen atoms in total. The van der Waals surface area contributed by atoms with Crippen molar-refractivity contribution >= 4 is 73.4 Å². The summed E-state index contributed by atoms with van der Waals surface area (Å²) in [4.78, 5) is 12.3. The molecule has 1 heterocycles. The third kappa shape index (κ3) is 5.54. The van der Waals surface area contributed by atoms with Crippen molar-refractivity contribution < 1.29 is 9.21 Å².